The fourth-order valence-electron chi connectivity index (χ4n) is 2.64. The summed E-state index contributed by atoms with van der Waals surface area (Å²) in [7, 11) is 1.85. The summed E-state index contributed by atoms with van der Waals surface area (Å²) in [4.78, 5) is 13.9. The summed E-state index contributed by atoms with van der Waals surface area (Å²) in [5, 5.41) is 6.51. The molecule has 0 radical (unpaired) electrons. The Kier molecular flexibility index (Phi) is 4.44. The maximum atomic E-state index is 12.5. The molecule has 4 rings (SSSR count). The summed E-state index contributed by atoms with van der Waals surface area (Å²) < 4.78 is 7.18. The summed E-state index contributed by atoms with van der Waals surface area (Å²) in [5.74, 6) is -0.103. The van der Waals surface area contributed by atoms with E-state index in [1.165, 1.54) is 11.3 Å². The number of benzene rings is 2. The van der Waals surface area contributed by atoms with E-state index in [1.807, 2.05) is 31.3 Å². The molecule has 0 N–H and O–H groups in total. The van der Waals surface area contributed by atoms with E-state index in [-0.39, 0.29) is 0 Å². The first-order valence-electron chi connectivity index (χ1n) is 7.72. The van der Waals surface area contributed by atoms with Crippen molar-refractivity contribution in [3.63, 3.8) is 0 Å². The van der Waals surface area contributed by atoms with Crippen LogP contribution in [-0.2, 0) is 7.05 Å². The molecule has 0 bridgehead atoms. The molecule has 0 aliphatic heterocycles. The monoisotopic (exact) mass is 402 g/mol. The number of thiophene rings is 1. The number of para-hydroxylation sites is 1. The van der Waals surface area contributed by atoms with Crippen LogP contribution in [0.1, 0.15) is 9.67 Å². The van der Waals surface area contributed by atoms with Gasteiger partial charge < -0.3 is 4.74 Å². The van der Waals surface area contributed by atoms with Crippen LogP contribution in [0, 0.1) is 0 Å². The van der Waals surface area contributed by atoms with Crippen molar-refractivity contribution in [1.82, 2.24) is 9.78 Å². The van der Waals surface area contributed by atoms with Gasteiger partial charge in [-0.15, -0.1) is 11.3 Å². The lowest BCUT2D eigenvalue weighted by atomic mass is 10.1. The van der Waals surface area contributed by atoms with Gasteiger partial charge >= 0.3 is 5.97 Å². The topological polar surface area (TPSA) is 44.1 Å². The Hall–Kier alpha value is -2.34. The first kappa shape index (κ1) is 17.1. The minimum absolute atomic E-state index is 0.340. The molecule has 0 atom stereocenters. The van der Waals surface area contributed by atoms with Gasteiger partial charge in [-0.05, 0) is 30.3 Å². The van der Waals surface area contributed by atoms with Gasteiger partial charge in [-0.3, -0.25) is 4.68 Å². The highest BCUT2D eigenvalue weighted by molar-refractivity contribution is 7.20. The van der Waals surface area contributed by atoms with Crippen LogP contribution >= 0.6 is 34.5 Å². The van der Waals surface area contributed by atoms with Crippen molar-refractivity contribution in [2.45, 2.75) is 0 Å². The van der Waals surface area contributed by atoms with Gasteiger partial charge in [0.05, 0.1) is 5.02 Å². The Balaban J connectivity index is 1.72. The number of aryl methyl sites for hydroxylation is 1. The molecule has 0 saturated carbocycles. The second-order valence-electron chi connectivity index (χ2n) is 5.63. The van der Waals surface area contributed by atoms with Gasteiger partial charge in [0, 0.05) is 23.0 Å². The molecular weight excluding hydrogens is 391 g/mol. The molecule has 4 nitrogen and oxygen atoms in total. The Bertz CT molecular complexity index is 1120. The number of carbonyl (C=O) groups excluding carboxylic acids is 1. The van der Waals surface area contributed by atoms with Crippen molar-refractivity contribution >= 4 is 50.7 Å². The lowest BCUT2D eigenvalue weighted by Gasteiger charge is -2.04. The van der Waals surface area contributed by atoms with Gasteiger partial charge in [0.15, 0.2) is 0 Å². The summed E-state index contributed by atoms with van der Waals surface area (Å²) in [6.07, 6.45) is 0. The van der Waals surface area contributed by atoms with Gasteiger partial charge in [-0.2, -0.15) is 5.10 Å². The molecule has 0 amide bonds. The molecule has 0 saturated heterocycles. The molecule has 0 spiro atoms. The summed E-state index contributed by atoms with van der Waals surface area (Å²) >= 11 is 13.4. The van der Waals surface area contributed by atoms with Crippen LogP contribution in [0.5, 0.6) is 5.75 Å². The molecule has 2 heterocycles. The lowest BCUT2D eigenvalue weighted by molar-refractivity contribution is 0.0740. The van der Waals surface area contributed by atoms with Gasteiger partial charge in [0.25, 0.3) is 0 Å². The number of nitrogens with zero attached hydrogens (tertiary/aromatic N) is 2. The van der Waals surface area contributed by atoms with Gasteiger partial charge in [-0.1, -0.05) is 47.5 Å². The van der Waals surface area contributed by atoms with Gasteiger partial charge in [0.2, 0.25) is 0 Å². The number of halogens is 2. The number of hydrogen-bond acceptors (Lipinski definition) is 4. The van der Waals surface area contributed by atoms with Crippen molar-refractivity contribution < 1.29 is 9.53 Å². The van der Waals surface area contributed by atoms with Crippen molar-refractivity contribution in [3.8, 4) is 17.0 Å². The van der Waals surface area contributed by atoms with Crippen LogP contribution in [0.4, 0.5) is 0 Å². The summed E-state index contributed by atoms with van der Waals surface area (Å²) in [6, 6.07) is 16.1. The molecule has 0 aliphatic rings. The largest absolute Gasteiger partial charge is 0.421 e. The summed E-state index contributed by atoms with van der Waals surface area (Å²) in [6.45, 7) is 0. The zero-order chi connectivity index (χ0) is 18.3. The lowest BCUT2D eigenvalue weighted by Crippen LogP contribution is -2.06. The van der Waals surface area contributed by atoms with E-state index in [2.05, 4.69) is 5.10 Å². The normalized spacial score (nSPS) is 11.0. The summed E-state index contributed by atoms with van der Waals surface area (Å²) in [5.41, 5.74) is 1.73. The van der Waals surface area contributed by atoms with Crippen molar-refractivity contribution in [1.29, 1.82) is 0 Å². The highest BCUT2D eigenvalue weighted by atomic mass is 35.5. The van der Waals surface area contributed by atoms with Crippen LogP contribution in [-0.4, -0.2) is 15.7 Å². The van der Waals surface area contributed by atoms with Crippen molar-refractivity contribution in [2.24, 2.45) is 7.05 Å². The molecule has 0 fully saturated rings. The third-order valence-electron chi connectivity index (χ3n) is 3.87. The van der Waals surface area contributed by atoms with E-state index in [0.29, 0.717) is 20.7 Å². The van der Waals surface area contributed by atoms with Crippen molar-refractivity contribution in [2.75, 3.05) is 0 Å². The van der Waals surface area contributed by atoms with Crippen LogP contribution in [0.25, 0.3) is 21.5 Å². The third-order valence-corrected chi connectivity index (χ3v) is 5.62. The number of aromatic nitrogens is 2. The first-order valence-corrected chi connectivity index (χ1v) is 9.29. The molecule has 4 aromatic rings. The number of hydrogen-bond donors (Lipinski definition) is 0. The Morgan fingerprint density at radius 3 is 2.58 bits per heavy atom. The maximum absolute atomic E-state index is 12.5. The van der Waals surface area contributed by atoms with Crippen LogP contribution < -0.4 is 4.74 Å². The Labute approximate surface area is 163 Å². The van der Waals surface area contributed by atoms with Gasteiger partial charge in [-0.25, -0.2) is 4.79 Å². The van der Waals surface area contributed by atoms with Gasteiger partial charge in [0.1, 0.15) is 21.2 Å². The number of ether oxygens (including phenoxy) is 1. The molecule has 0 unspecified atom stereocenters. The van der Waals surface area contributed by atoms with E-state index in [0.717, 1.165) is 21.5 Å². The predicted octanol–water partition coefficient (Wildman–Crippen LogP) is 5.83. The van der Waals surface area contributed by atoms with E-state index in [1.54, 1.807) is 35.0 Å². The van der Waals surface area contributed by atoms with E-state index < -0.39 is 5.97 Å². The average Bonchev–Trinajstić information content (AvgIpc) is 3.19. The molecule has 2 aromatic heterocycles. The number of carbonyl (C=O) groups is 1. The third kappa shape index (κ3) is 3.09. The minimum Gasteiger partial charge on any atom is -0.421 e. The zero-order valence-corrected chi connectivity index (χ0v) is 15.9. The van der Waals surface area contributed by atoms with Crippen LogP contribution in [0.15, 0.2) is 54.6 Å². The fourth-order valence-corrected chi connectivity index (χ4v) is 3.89. The maximum Gasteiger partial charge on any atom is 0.353 e. The highest BCUT2D eigenvalue weighted by Gasteiger charge is 2.19. The number of esters is 1. The molecule has 26 heavy (non-hydrogen) atoms. The van der Waals surface area contributed by atoms with E-state index in [9.17, 15) is 4.79 Å². The predicted molar refractivity (Wildman–Crippen MR) is 105 cm³/mol. The molecule has 2 aromatic carbocycles. The molecular formula is C19H12Cl2N2O2S. The van der Waals surface area contributed by atoms with Crippen LogP contribution in [0.2, 0.25) is 10.0 Å². The molecule has 7 heteroatoms. The molecule has 130 valence electrons. The van der Waals surface area contributed by atoms with Crippen molar-refractivity contribution in [3.05, 3.63) is 69.5 Å². The first-order chi connectivity index (χ1) is 12.5. The quantitative estimate of drug-likeness (QED) is 0.319. The number of rotatable bonds is 3. The second-order valence-corrected chi connectivity index (χ2v) is 7.50. The average molecular weight is 403 g/mol. The van der Waals surface area contributed by atoms with E-state index >= 15 is 0 Å². The molecule has 0 aliphatic carbocycles. The van der Waals surface area contributed by atoms with Crippen LogP contribution in [0.3, 0.4) is 0 Å². The van der Waals surface area contributed by atoms with E-state index in [4.69, 9.17) is 27.9 Å². The second kappa shape index (κ2) is 6.76. The number of fused-ring (bicyclic) bond motifs is 1. The fraction of sp³-hybridized carbons (Fsp3) is 0.0526. The standard InChI is InChI=1S/C19H12Cl2N2O2S/c1-23-18-13(17(22-23)11-6-8-12(20)9-7-11)10-16(26-18)19(24)25-15-5-3-2-4-14(15)21/h2-10H,1H3. The zero-order valence-electron chi connectivity index (χ0n) is 13.6. The highest BCUT2D eigenvalue weighted by Crippen LogP contribution is 2.35. The Morgan fingerprint density at radius 2 is 1.85 bits per heavy atom. The SMILES string of the molecule is Cn1nc(-c2ccc(Cl)cc2)c2cc(C(=O)Oc3ccccc3Cl)sc21. The minimum atomic E-state index is -0.443. The smallest absolute Gasteiger partial charge is 0.353 e. The Morgan fingerprint density at radius 1 is 1.12 bits per heavy atom.